The van der Waals surface area contributed by atoms with Crippen LogP contribution in [0.2, 0.25) is 0 Å². The maximum atomic E-state index is 13.7. The number of carbonyl (C=O) groups is 1. The third kappa shape index (κ3) is 6.70. The van der Waals surface area contributed by atoms with E-state index in [0.29, 0.717) is 33.8 Å². The molecule has 3 aromatic rings. The lowest BCUT2D eigenvalue weighted by Gasteiger charge is -2.36. The third-order valence-electron chi connectivity index (χ3n) is 7.01. The summed E-state index contributed by atoms with van der Waals surface area (Å²) in [4.78, 5) is 25.5. The molecule has 0 aliphatic carbocycles. The van der Waals surface area contributed by atoms with E-state index in [-0.39, 0.29) is 17.2 Å². The minimum Gasteiger partial charge on any atom is -0.464 e. The van der Waals surface area contributed by atoms with Crippen molar-refractivity contribution < 1.29 is 35.9 Å². The molecule has 2 atom stereocenters. The zero-order valence-electron chi connectivity index (χ0n) is 23.5. The SMILES string of the molecule is C[C@@H]1c2nc(Nc3cc4c(C(C)(C)N)cnc(O[C@@H](CCS(C)(=O)=O)C(F)(F)F)c4cn3)ccc2C(=O)OC1(C)C. The first kappa shape index (κ1) is 30.4. The average molecular weight is 596 g/mol. The first-order valence-electron chi connectivity index (χ1n) is 12.8. The van der Waals surface area contributed by atoms with Gasteiger partial charge in [-0.1, -0.05) is 6.92 Å². The Morgan fingerprint density at radius 3 is 2.44 bits per heavy atom. The Morgan fingerprint density at radius 1 is 1.15 bits per heavy atom. The van der Waals surface area contributed by atoms with E-state index < -0.39 is 51.4 Å². The highest BCUT2D eigenvalue weighted by atomic mass is 32.2. The number of sulfone groups is 1. The number of nitrogens with two attached hydrogens (primary N) is 1. The van der Waals surface area contributed by atoms with Gasteiger partial charge in [-0.05, 0) is 56.8 Å². The smallest absolute Gasteiger partial charge is 0.425 e. The lowest BCUT2D eigenvalue weighted by atomic mass is 9.84. The van der Waals surface area contributed by atoms with Crippen molar-refractivity contribution in [1.82, 2.24) is 15.0 Å². The number of cyclic esters (lactones) is 1. The van der Waals surface area contributed by atoms with Crippen LogP contribution in [0.5, 0.6) is 5.88 Å². The van der Waals surface area contributed by atoms with Crippen molar-refractivity contribution in [3.05, 3.63) is 47.4 Å². The van der Waals surface area contributed by atoms with Gasteiger partial charge in [-0.25, -0.2) is 28.2 Å². The number of esters is 1. The number of ether oxygens (including phenoxy) is 2. The maximum absolute atomic E-state index is 13.7. The van der Waals surface area contributed by atoms with E-state index in [4.69, 9.17) is 15.2 Å². The standard InChI is InChI=1S/C27H32F3N5O5S/c1-14-22-15(24(36)40-26(14,4)5)7-8-20(35-22)34-21-11-16-17(12-32-21)23(33-13-18(16)25(2,3)31)39-19(27(28,29)30)9-10-41(6,37)38/h7-8,11-14,19H,9-10,31H2,1-6H3,(H,32,34,35)/t14-,19+/m1/s1. The highest BCUT2D eigenvalue weighted by Crippen LogP contribution is 2.39. The van der Waals surface area contributed by atoms with Gasteiger partial charge in [0.2, 0.25) is 5.88 Å². The number of fused-ring (bicyclic) bond motifs is 2. The van der Waals surface area contributed by atoms with E-state index in [0.717, 1.165) is 6.26 Å². The van der Waals surface area contributed by atoms with Crippen molar-refractivity contribution in [3.8, 4) is 5.88 Å². The molecule has 0 saturated carbocycles. The first-order valence-corrected chi connectivity index (χ1v) is 14.8. The Bertz CT molecular complexity index is 1600. The fourth-order valence-corrected chi connectivity index (χ4v) is 5.06. The van der Waals surface area contributed by atoms with Crippen molar-refractivity contribution in [1.29, 1.82) is 0 Å². The molecular weight excluding hydrogens is 563 g/mol. The molecule has 4 rings (SSSR count). The number of pyridine rings is 3. The van der Waals surface area contributed by atoms with Gasteiger partial charge in [0, 0.05) is 36.5 Å². The zero-order chi connectivity index (χ0) is 30.5. The fraction of sp³-hybridized carbons (Fsp3) is 0.481. The summed E-state index contributed by atoms with van der Waals surface area (Å²) in [5.41, 5.74) is 6.10. The van der Waals surface area contributed by atoms with Crippen LogP contribution in [0.15, 0.2) is 30.6 Å². The number of carbonyl (C=O) groups excluding carboxylic acids is 1. The Morgan fingerprint density at radius 2 is 1.83 bits per heavy atom. The second-order valence-electron chi connectivity index (χ2n) is 11.3. The van der Waals surface area contributed by atoms with Crippen LogP contribution >= 0.6 is 0 Å². The predicted octanol–water partition coefficient (Wildman–Crippen LogP) is 4.76. The van der Waals surface area contributed by atoms with Crippen LogP contribution in [0.1, 0.15) is 68.6 Å². The normalized spacial score (nSPS) is 18.0. The largest absolute Gasteiger partial charge is 0.464 e. The molecule has 222 valence electrons. The van der Waals surface area contributed by atoms with Gasteiger partial charge >= 0.3 is 12.1 Å². The van der Waals surface area contributed by atoms with Gasteiger partial charge in [-0.15, -0.1) is 0 Å². The van der Waals surface area contributed by atoms with Crippen molar-refractivity contribution in [2.24, 2.45) is 5.73 Å². The Labute approximate surface area is 235 Å². The number of hydrogen-bond acceptors (Lipinski definition) is 10. The molecule has 0 aromatic carbocycles. The van der Waals surface area contributed by atoms with E-state index in [2.05, 4.69) is 20.3 Å². The number of anilines is 2. The molecule has 0 saturated heterocycles. The fourth-order valence-electron chi connectivity index (χ4n) is 4.42. The van der Waals surface area contributed by atoms with Gasteiger partial charge in [0.05, 0.1) is 22.4 Å². The molecular formula is C27H32F3N5O5S. The summed E-state index contributed by atoms with van der Waals surface area (Å²) in [6.45, 7) is 8.95. The molecule has 4 heterocycles. The Hall–Kier alpha value is -3.52. The molecule has 3 aromatic heterocycles. The predicted molar refractivity (Wildman–Crippen MR) is 147 cm³/mol. The monoisotopic (exact) mass is 595 g/mol. The molecule has 0 radical (unpaired) electrons. The summed E-state index contributed by atoms with van der Waals surface area (Å²) in [6.07, 6.45) is -4.54. The summed E-state index contributed by atoms with van der Waals surface area (Å²) in [6, 6.07) is 4.80. The topological polar surface area (TPSA) is 146 Å². The van der Waals surface area contributed by atoms with E-state index >= 15 is 0 Å². The van der Waals surface area contributed by atoms with Crippen LogP contribution in [0, 0.1) is 0 Å². The van der Waals surface area contributed by atoms with E-state index in [1.807, 2.05) is 6.92 Å². The number of rotatable bonds is 8. The minimum atomic E-state index is -4.84. The Balaban J connectivity index is 1.73. The summed E-state index contributed by atoms with van der Waals surface area (Å²) >= 11 is 0. The molecule has 10 nitrogen and oxygen atoms in total. The van der Waals surface area contributed by atoms with Crippen molar-refractivity contribution in [2.75, 3.05) is 17.3 Å². The van der Waals surface area contributed by atoms with E-state index in [1.165, 1.54) is 12.4 Å². The third-order valence-corrected chi connectivity index (χ3v) is 7.99. The number of alkyl halides is 3. The second kappa shape index (κ2) is 10.4. The highest BCUT2D eigenvalue weighted by Gasteiger charge is 2.43. The molecule has 1 aliphatic rings. The van der Waals surface area contributed by atoms with Gasteiger partial charge in [-0.2, -0.15) is 13.2 Å². The first-order chi connectivity index (χ1) is 18.8. The van der Waals surface area contributed by atoms with Gasteiger partial charge in [0.25, 0.3) is 0 Å². The summed E-state index contributed by atoms with van der Waals surface area (Å²) in [7, 11) is -3.66. The number of nitrogens with zero attached hydrogens (tertiary/aromatic N) is 3. The van der Waals surface area contributed by atoms with Crippen LogP contribution < -0.4 is 15.8 Å². The minimum absolute atomic E-state index is 0.164. The molecule has 0 amide bonds. The average Bonchev–Trinajstić information content (AvgIpc) is 2.82. The van der Waals surface area contributed by atoms with Crippen molar-refractivity contribution in [3.63, 3.8) is 0 Å². The highest BCUT2D eigenvalue weighted by molar-refractivity contribution is 7.90. The van der Waals surface area contributed by atoms with Crippen LogP contribution in [0.25, 0.3) is 10.8 Å². The summed E-state index contributed by atoms with van der Waals surface area (Å²) in [5, 5.41) is 3.68. The van der Waals surface area contributed by atoms with Gasteiger partial charge in [-0.3, -0.25) is 0 Å². The lowest BCUT2D eigenvalue weighted by molar-refractivity contribution is -0.195. The number of halogens is 3. The lowest BCUT2D eigenvalue weighted by Crippen LogP contribution is -2.39. The van der Waals surface area contributed by atoms with Gasteiger partial charge in [0.15, 0.2) is 6.10 Å². The zero-order valence-corrected chi connectivity index (χ0v) is 24.3. The Kier molecular flexibility index (Phi) is 7.71. The summed E-state index contributed by atoms with van der Waals surface area (Å²) in [5.74, 6) is -1.02. The van der Waals surface area contributed by atoms with Crippen molar-refractivity contribution in [2.45, 2.75) is 70.4 Å². The van der Waals surface area contributed by atoms with Crippen LogP contribution in [0.3, 0.4) is 0 Å². The molecule has 14 heteroatoms. The number of hydrogen-bond donors (Lipinski definition) is 2. The van der Waals surface area contributed by atoms with E-state index in [9.17, 15) is 26.4 Å². The van der Waals surface area contributed by atoms with E-state index in [1.54, 1.807) is 45.9 Å². The van der Waals surface area contributed by atoms with Gasteiger partial charge < -0.3 is 20.5 Å². The molecule has 0 fully saturated rings. The molecule has 0 spiro atoms. The maximum Gasteiger partial charge on any atom is 0.425 e. The second-order valence-corrected chi connectivity index (χ2v) is 13.6. The molecule has 1 aliphatic heterocycles. The molecule has 3 N–H and O–H groups in total. The van der Waals surface area contributed by atoms with Gasteiger partial charge in [0.1, 0.15) is 27.1 Å². The molecule has 0 bridgehead atoms. The molecule has 41 heavy (non-hydrogen) atoms. The molecule has 0 unspecified atom stereocenters. The quantitative estimate of drug-likeness (QED) is 0.350. The van der Waals surface area contributed by atoms with Crippen molar-refractivity contribution >= 4 is 38.2 Å². The summed E-state index contributed by atoms with van der Waals surface area (Å²) < 4.78 is 75.0. The van der Waals surface area contributed by atoms with Crippen LogP contribution in [-0.4, -0.2) is 59.2 Å². The number of nitrogens with one attached hydrogen (secondary N) is 1. The number of aromatic nitrogens is 3. The van der Waals surface area contributed by atoms with Crippen LogP contribution in [0.4, 0.5) is 24.8 Å². The van der Waals surface area contributed by atoms with Crippen LogP contribution in [-0.2, 0) is 20.1 Å².